The number of urea groups is 1. The molecule has 0 saturated carbocycles. The Kier molecular flexibility index (Phi) is 4.70. The zero-order valence-electron chi connectivity index (χ0n) is 17.0. The molecule has 0 spiro atoms. The fourth-order valence-corrected chi connectivity index (χ4v) is 4.30. The lowest BCUT2D eigenvalue weighted by Gasteiger charge is -2.31. The van der Waals surface area contributed by atoms with Crippen LogP contribution < -0.4 is 10.6 Å². The minimum absolute atomic E-state index is 0.151. The fraction of sp³-hybridized carbons (Fsp3) is 0.125. The van der Waals surface area contributed by atoms with Gasteiger partial charge in [0, 0.05) is 23.7 Å². The summed E-state index contributed by atoms with van der Waals surface area (Å²) in [5, 5.41) is 4.80. The first kappa shape index (κ1) is 20.7. The highest BCUT2D eigenvalue weighted by Gasteiger charge is 2.50. The van der Waals surface area contributed by atoms with Gasteiger partial charge >= 0.3 is 6.03 Å². The lowest BCUT2D eigenvalue weighted by molar-refractivity contribution is -0.124. The van der Waals surface area contributed by atoms with Crippen molar-refractivity contribution >= 4 is 17.8 Å². The number of rotatable bonds is 4. The Morgan fingerprint density at radius 3 is 2.21 bits per heavy atom. The summed E-state index contributed by atoms with van der Waals surface area (Å²) in [4.78, 5) is 39.1. The number of imide groups is 1. The molecule has 1 saturated heterocycles. The normalized spacial score (nSPS) is 19.5. The van der Waals surface area contributed by atoms with Gasteiger partial charge in [-0.15, -0.1) is 0 Å². The minimum Gasteiger partial charge on any atom is -0.331 e. The van der Waals surface area contributed by atoms with E-state index in [4.69, 9.17) is 0 Å². The summed E-state index contributed by atoms with van der Waals surface area (Å²) in [7, 11) is 0. The SMILES string of the molecule is O=C1NC(=O)C(CN2Cc3ccc(F)cc3C2=O)(c2ccc(-c3ccc(F)cc3F)cc2)N1. The van der Waals surface area contributed by atoms with Gasteiger partial charge in [0.2, 0.25) is 0 Å². The van der Waals surface area contributed by atoms with E-state index in [1.54, 1.807) is 12.1 Å². The number of nitrogens with zero attached hydrogens (tertiary/aromatic N) is 1. The molecular formula is C24H16F3N3O3. The first-order valence-corrected chi connectivity index (χ1v) is 10.0. The molecule has 1 fully saturated rings. The van der Waals surface area contributed by atoms with Crippen LogP contribution in [-0.4, -0.2) is 29.3 Å². The number of hydrogen-bond donors (Lipinski definition) is 2. The third-order valence-corrected chi connectivity index (χ3v) is 5.94. The topological polar surface area (TPSA) is 78.5 Å². The summed E-state index contributed by atoms with van der Waals surface area (Å²) in [5.74, 6) is -3.09. The highest BCUT2D eigenvalue weighted by molar-refractivity contribution is 6.08. The van der Waals surface area contributed by atoms with Crippen LogP contribution in [0.2, 0.25) is 0 Å². The van der Waals surface area contributed by atoms with Crippen molar-refractivity contribution in [2.24, 2.45) is 0 Å². The molecule has 2 aliphatic heterocycles. The van der Waals surface area contributed by atoms with Crippen molar-refractivity contribution in [3.63, 3.8) is 0 Å². The van der Waals surface area contributed by atoms with Crippen molar-refractivity contribution in [1.82, 2.24) is 15.5 Å². The summed E-state index contributed by atoms with van der Waals surface area (Å²) in [6.07, 6.45) is 0. The van der Waals surface area contributed by atoms with Crippen molar-refractivity contribution in [3.8, 4) is 11.1 Å². The quantitative estimate of drug-likeness (QED) is 0.597. The van der Waals surface area contributed by atoms with Crippen LogP contribution in [0.1, 0.15) is 21.5 Å². The number of carbonyl (C=O) groups is 3. The highest BCUT2D eigenvalue weighted by Crippen LogP contribution is 2.33. The van der Waals surface area contributed by atoms with Crippen LogP contribution in [0.15, 0.2) is 60.7 Å². The van der Waals surface area contributed by atoms with E-state index in [0.717, 1.165) is 18.2 Å². The Hall–Kier alpha value is -4.14. The van der Waals surface area contributed by atoms with Gasteiger partial charge in [-0.2, -0.15) is 0 Å². The van der Waals surface area contributed by atoms with E-state index in [0.29, 0.717) is 16.7 Å². The Morgan fingerprint density at radius 2 is 1.55 bits per heavy atom. The van der Waals surface area contributed by atoms with Crippen LogP contribution in [-0.2, 0) is 16.9 Å². The predicted octanol–water partition coefficient (Wildman–Crippen LogP) is 3.46. The molecule has 4 amide bonds. The summed E-state index contributed by atoms with van der Waals surface area (Å²) in [6, 6.07) is 12.6. The molecule has 0 radical (unpaired) electrons. The maximum atomic E-state index is 14.2. The van der Waals surface area contributed by atoms with Gasteiger partial charge in [0.15, 0.2) is 5.54 Å². The lowest BCUT2D eigenvalue weighted by atomic mass is 9.88. The number of halogens is 3. The molecule has 9 heteroatoms. The van der Waals surface area contributed by atoms with E-state index >= 15 is 0 Å². The van der Waals surface area contributed by atoms with Crippen LogP contribution in [0.4, 0.5) is 18.0 Å². The molecule has 33 heavy (non-hydrogen) atoms. The van der Waals surface area contributed by atoms with Crippen molar-refractivity contribution < 1.29 is 27.6 Å². The van der Waals surface area contributed by atoms with Gasteiger partial charge in [-0.25, -0.2) is 18.0 Å². The molecule has 2 heterocycles. The lowest BCUT2D eigenvalue weighted by Crippen LogP contribution is -2.52. The maximum Gasteiger partial charge on any atom is 0.322 e. The zero-order valence-corrected chi connectivity index (χ0v) is 17.0. The van der Waals surface area contributed by atoms with Gasteiger partial charge in [-0.1, -0.05) is 30.3 Å². The Balaban J connectivity index is 1.49. The van der Waals surface area contributed by atoms with E-state index in [2.05, 4.69) is 10.6 Å². The summed E-state index contributed by atoms with van der Waals surface area (Å²) in [5.41, 5.74) is 0.209. The van der Waals surface area contributed by atoms with E-state index < -0.39 is 40.8 Å². The Labute approximate surface area is 186 Å². The molecule has 0 aromatic heterocycles. The molecular weight excluding hydrogens is 435 g/mol. The maximum absolute atomic E-state index is 14.2. The molecule has 1 atom stereocenters. The van der Waals surface area contributed by atoms with E-state index in [1.807, 2.05) is 0 Å². The smallest absolute Gasteiger partial charge is 0.322 e. The standard InChI is InChI=1S/C24H16F3N3O3/c25-16-6-3-14-11-30(21(31)19(14)9-16)12-24(22(32)28-23(33)29-24)15-4-1-13(2-5-15)18-8-7-17(26)10-20(18)27/h1-10H,11-12H2,(H2,28,29,32,33). The van der Waals surface area contributed by atoms with Gasteiger partial charge in [-0.05, 0) is 41.0 Å². The molecule has 1 unspecified atom stereocenters. The van der Waals surface area contributed by atoms with Gasteiger partial charge in [-0.3, -0.25) is 14.9 Å². The summed E-state index contributed by atoms with van der Waals surface area (Å²) >= 11 is 0. The molecule has 2 aliphatic rings. The van der Waals surface area contributed by atoms with Gasteiger partial charge in [0.05, 0.1) is 6.54 Å². The Morgan fingerprint density at radius 1 is 0.848 bits per heavy atom. The molecule has 3 aromatic carbocycles. The third kappa shape index (κ3) is 3.42. The van der Waals surface area contributed by atoms with E-state index in [-0.39, 0.29) is 24.2 Å². The van der Waals surface area contributed by atoms with E-state index in [1.165, 1.54) is 35.2 Å². The Bertz CT molecular complexity index is 1330. The number of benzene rings is 3. The molecule has 166 valence electrons. The number of carbonyl (C=O) groups excluding carboxylic acids is 3. The van der Waals surface area contributed by atoms with Gasteiger partial charge < -0.3 is 10.2 Å². The van der Waals surface area contributed by atoms with Crippen molar-refractivity contribution in [2.75, 3.05) is 6.54 Å². The average molecular weight is 451 g/mol. The van der Waals surface area contributed by atoms with Crippen LogP contribution in [0.25, 0.3) is 11.1 Å². The van der Waals surface area contributed by atoms with Crippen LogP contribution in [0, 0.1) is 17.5 Å². The predicted molar refractivity (Wildman–Crippen MR) is 111 cm³/mol. The number of nitrogens with one attached hydrogen (secondary N) is 2. The van der Waals surface area contributed by atoms with Crippen LogP contribution in [0.3, 0.4) is 0 Å². The number of fused-ring (bicyclic) bond motifs is 1. The van der Waals surface area contributed by atoms with E-state index in [9.17, 15) is 27.6 Å². The second-order valence-corrected chi connectivity index (χ2v) is 7.98. The van der Waals surface area contributed by atoms with Crippen molar-refractivity contribution in [3.05, 3.63) is 94.8 Å². The van der Waals surface area contributed by atoms with Crippen molar-refractivity contribution in [1.29, 1.82) is 0 Å². The molecule has 2 N–H and O–H groups in total. The highest BCUT2D eigenvalue weighted by atomic mass is 19.1. The first-order valence-electron chi connectivity index (χ1n) is 10.0. The zero-order chi connectivity index (χ0) is 23.3. The fourth-order valence-electron chi connectivity index (χ4n) is 4.30. The van der Waals surface area contributed by atoms with Crippen molar-refractivity contribution in [2.45, 2.75) is 12.1 Å². The molecule has 6 nitrogen and oxygen atoms in total. The second kappa shape index (κ2) is 7.47. The monoisotopic (exact) mass is 451 g/mol. The molecule has 0 aliphatic carbocycles. The average Bonchev–Trinajstić information content (AvgIpc) is 3.24. The number of hydrogen-bond acceptors (Lipinski definition) is 3. The summed E-state index contributed by atoms with van der Waals surface area (Å²) in [6.45, 7) is -0.0395. The molecule has 3 aromatic rings. The van der Waals surface area contributed by atoms with Gasteiger partial charge in [0.1, 0.15) is 17.5 Å². The van der Waals surface area contributed by atoms with Gasteiger partial charge in [0.25, 0.3) is 11.8 Å². The first-order chi connectivity index (χ1) is 15.8. The third-order valence-electron chi connectivity index (χ3n) is 5.94. The largest absolute Gasteiger partial charge is 0.331 e. The minimum atomic E-state index is -1.59. The van der Waals surface area contributed by atoms with Crippen LogP contribution in [0.5, 0.6) is 0 Å². The summed E-state index contributed by atoms with van der Waals surface area (Å²) < 4.78 is 41.0. The molecule has 0 bridgehead atoms. The second-order valence-electron chi connectivity index (χ2n) is 7.98. The molecule has 5 rings (SSSR count). The van der Waals surface area contributed by atoms with Crippen LogP contribution >= 0.6 is 0 Å². The number of amides is 4.